The summed E-state index contributed by atoms with van der Waals surface area (Å²) in [5, 5.41) is 0. The lowest BCUT2D eigenvalue weighted by Gasteiger charge is -2.11. The maximum absolute atomic E-state index is 13.2. The highest BCUT2D eigenvalue weighted by Crippen LogP contribution is 2.28. The largest absolute Gasteiger partial charge is 0.324 e. The molecule has 166 valence electrons. The van der Waals surface area contributed by atoms with Crippen LogP contribution in [-0.4, -0.2) is 22.5 Å². The highest BCUT2D eigenvalue weighted by Gasteiger charge is 2.13. The predicted molar refractivity (Wildman–Crippen MR) is 122 cm³/mol. The molecule has 0 amide bonds. The van der Waals surface area contributed by atoms with Gasteiger partial charge in [0, 0.05) is 25.4 Å². The van der Waals surface area contributed by atoms with E-state index in [1.807, 2.05) is 26.1 Å². The summed E-state index contributed by atoms with van der Waals surface area (Å²) in [6, 6.07) is 12.7. The number of rotatable bonds is 3. The summed E-state index contributed by atoms with van der Waals surface area (Å²) in [7, 11) is -0.840. The first-order chi connectivity index (χ1) is 15.1. The number of hydrogen-bond acceptors (Lipinski definition) is 5. The number of nitrogens with one attached hydrogen (secondary N) is 1. The molecule has 7 nitrogen and oxygen atoms in total. The van der Waals surface area contributed by atoms with Crippen LogP contribution >= 0.6 is 0 Å². The van der Waals surface area contributed by atoms with Crippen LogP contribution in [0.3, 0.4) is 0 Å². The topological polar surface area (TPSA) is 97.8 Å². The molecule has 9 heteroatoms. The first-order valence-corrected chi connectivity index (χ1v) is 10.8. The molecule has 2 aromatic heterocycles. The van der Waals surface area contributed by atoms with Gasteiger partial charge in [0.2, 0.25) is 0 Å². The molecular weight excluding hydrogens is 431 g/mol. The van der Waals surface area contributed by atoms with Crippen molar-refractivity contribution in [2.45, 2.75) is 27.3 Å². The molecule has 0 unspecified atom stereocenters. The molecule has 4 rings (SSSR count). The van der Waals surface area contributed by atoms with E-state index in [9.17, 15) is 9.18 Å². The van der Waals surface area contributed by atoms with Gasteiger partial charge < -0.3 is 9.13 Å². The molecule has 0 spiro atoms. The molecule has 2 heterocycles. The van der Waals surface area contributed by atoms with Crippen LogP contribution in [0.15, 0.2) is 53.5 Å². The van der Waals surface area contributed by atoms with E-state index in [1.165, 1.54) is 12.1 Å². The van der Waals surface area contributed by atoms with Crippen molar-refractivity contribution < 1.29 is 12.8 Å². The van der Waals surface area contributed by atoms with Crippen LogP contribution in [0.2, 0.25) is 0 Å². The molecular formula is C23H23FN4O3S. The van der Waals surface area contributed by atoms with Gasteiger partial charge in [-0.1, -0.05) is 12.1 Å². The fraction of sp³-hybridized carbons (Fsp3) is 0.217. The van der Waals surface area contributed by atoms with E-state index >= 15 is 0 Å². The summed E-state index contributed by atoms with van der Waals surface area (Å²) in [5.74, 6) is 0.676. The number of pyridine rings is 1. The van der Waals surface area contributed by atoms with Gasteiger partial charge in [-0.05, 0) is 73.4 Å². The van der Waals surface area contributed by atoms with E-state index in [1.54, 1.807) is 23.7 Å². The molecule has 0 aliphatic carbocycles. The zero-order valence-corrected chi connectivity index (χ0v) is 19.0. The fourth-order valence-corrected chi connectivity index (χ4v) is 3.68. The lowest BCUT2D eigenvalue weighted by atomic mass is 10.0. The van der Waals surface area contributed by atoms with Crippen molar-refractivity contribution >= 4 is 21.5 Å². The van der Waals surface area contributed by atoms with Crippen LogP contribution in [-0.2, 0) is 24.1 Å². The van der Waals surface area contributed by atoms with Crippen molar-refractivity contribution in [3.63, 3.8) is 0 Å². The van der Waals surface area contributed by atoms with Crippen molar-refractivity contribution in [3.05, 3.63) is 87.3 Å². The van der Waals surface area contributed by atoms with Crippen LogP contribution in [0, 0.1) is 31.4 Å². The fourth-order valence-electron chi connectivity index (χ4n) is 3.68. The lowest BCUT2D eigenvalue weighted by molar-refractivity contribution is 0.620. The normalized spacial score (nSPS) is 10.7. The van der Waals surface area contributed by atoms with Gasteiger partial charge in [0.05, 0.1) is 11.0 Å². The Labute approximate surface area is 186 Å². The van der Waals surface area contributed by atoms with E-state index in [-0.39, 0.29) is 11.4 Å². The number of aryl methyl sites for hydroxylation is 4. The van der Waals surface area contributed by atoms with Crippen molar-refractivity contribution in [3.8, 4) is 11.1 Å². The Hall–Kier alpha value is -3.59. The minimum Gasteiger partial charge on any atom is -0.324 e. The Bertz CT molecular complexity index is 1440. The average Bonchev–Trinajstić information content (AvgIpc) is 3.03. The van der Waals surface area contributed by atoms with E-state index in [2.05, 4.69) is 23.6 Å². The van der Waals surface area contributed by atoms with Crippen LogP contribution in [0.1, 0.15) is 22.5 Å². The summed E-state index contributed by atoms with van der Waals surface area (Å²) in [5.41, 5.74) is 6.87. The molecule has 0 aliphatic heterocycles. The standard InChI is InChI=1S/C23H22FN3O.HNO2S/c1-14-9-18(19-10-15(2)23(28)26(4)13-19)11-21-22(14)25-16(3)27(21)12-17-5-7-20(24)8-6-17;1-4(2)3/h5-11,13H,12H2,1-4H3;1H. The first-order valence-electron chi connectivity index (χ1n) is 9.77. The van der Waals surface area contributed by atoms with E-state index in [4.69, 9.17) is 18.2 Å². The second-order valence-corrected chi connectivity index (χ2v) is 8.06. The SMILES string of the molecule is Cc1cc(-c2cc(C)c3nc(C)n(Cc4ccc(F)cc4)c3c2)cn(C)c1=O.N=S(=O)=O. The van der Waals surface area contributed by atoms with E-state index < -0.39 is 10.5 Å². The maximum Gasteiger partial charge on any atom is 0.308 e. The Morgan fingerprint density at radius 3 is 2.19 bits per heavy atom. The third kappa shape index (κ3) is 5.00. The highest BCUT2D eigenvalue weighted by atomic mass is 32.2. The van der Waals surface area contributed by atoms with E-state index in [0.717, 1.165) is 39.1 Å². The molecule has 4 aromatic rings. The van der Waals surface area contributed by atoms with Gasteiger partial charge in [-0.15, -0.1) is 0 Å². The molecule has 0 saturated heterocycles. The van der Waals surface area contributed by atoms with Gasteiger partial charge in [-0.2, -0.15) is 13.2 Å². The van der Waals surface area contributed by atoms with Gasteiger partial charge >= 0.3 is 10.5 Å². The minimum atomic E-state index is -2.61. The zero-order chi connectivity index (χ0) is 23.6. The van der Waals surface area contributed by atoms with Gasteiger partial charge in [0.15, 0.2) is 0 Å². The second kappa shape index (κ2) is 9.27. The molecule has 32 heavy (non-hydrogen) atoms. The summed E-state index contributed by atoms with van der Waals surface area (Å²) in [4.78, 5) is 16.8. The zero-order valence-electron chi connectivity index (χ0n) is 18.2. The Morgan fingerprint density at radius 1 is 1.00 bits per heavy atom. The number of hydrogen-bond donors (Lipinski definition) is 1. The smallest absolute Gasteiger partial charge is 0.308 e. The van der Waals surface area contributed by atoms with Crippen molar-refractivity contribution in [1.29, 1.82) is 4.78 Å². The summed E-state index contributed by atoms with van der Waals surface area (Å²) in [6.45, 7) is 6.49. The second-order valence-electron chi connectivity index (χ2n) is 7.60. The number of aromatic nitrogens is 3. The average molecular weight is 455 g/mol. The van der Waals surface area contributed by atoms with Crippen LogP contribution in [0.5, 0.6) is 0 Å². The van der Waals surface area contributed by atoms with Gasteiger partial charge in [0.1, 0.15) is 11.6 Å². The molecule has 0 fully saturated rings. The van der Waals surface area contributed by atoms with Crippen molar-refractivity contribution in [2.75, 3.05) is 0 Å². The van der Waals surface area contributed by atoms with Crippen LogP contribution in [0.25, 0.3) is 22.2 Å². The lowest BCUT2D eigenvalue weighted by Crippen LogP contribution is -2.18. The van der Waals surface area contributed by atoms with Crippen LogP contribution in [0.4, 0.5) is 4.39 Å². The van der Waals surface area contributed by atoms with Crippen molar-refractivity contribution in [2.24, 2.45) is 7.05 Å². The monoisotopic (exact) mass is 454 g/mol. The van der Waals surface area contributed by atoms with Crippen molar-refractivity contribution in [1.82, 2.24) is 14.1 Å². The quantitative estimate of drug-likeness (QED) is 0.503. The predicted octanol–water partition coefficient (Wildman–Crippen LogP) is 4.14. The minimum absolute atomic E-state index is 0.0127. The first kappa shape index (κ1) is 23.1. The van der Waals surface area contributed by atoms with Gasteiger partial charge in [0.25, 0.3) is 5.56 Å². The number of benzene rings is 2. The number of nitrogens with zero attached hydrogens (tertiary/aromatic N) is 3. The molecule has 0 atom stereocenters. The molecule has 2 aromatic carbocycles. The van der Waals surface area contributed by atoms with Crippen LogP contribution < -0.4 is 5.56 Å². The number of imidazole rings is 1. The number of fused-ring (bicyclic) bond motifs is 1. The Kier molecular flexibility index (Phi) is 6.69. The molecule has 1 N–H and O–H groups in total. The number of halogens is 1. The molecule has 0 radical (unpaired) electrons. The summed E-state index contributed by atoms with van der Waals surface area (Å²) in [6.07, 6.45) is 1.86. The molecule has 0 saturated carbocycles. The van der Waals surface area contributed by atoms with E-state index in [0.29, 0.717) is 12.1 Å². The summed E-state index contributed by atoms with van der Waals surface area (Å²) < 4.78 is 39.8. The van der Waals surface area contributed by atoms with Gasteiger partial charge in [-0.3, -0.25) is 4.79 Å². The molecule has 0 bridgehead atoms. The third-order valence-electron chi connectivity index (χ3n) is 5.19. The molecule has 0 aliphatic rings. The maximum atomic E-state index is 13.2. The highest BCUT2D eigenvalue weighted by molar-refractivity contribution is 7.60. The van der Waals surface area contributed by atoms with Gasteiger partial charge in [-0.25, -0.2) is 9.37 Å². The third-order valence-corrected chi connectivity index (χ3v) is 5.19. The Morgan fingerprint density at radius 2 is 1.59 bits per heavy atom. The Balaban J connectivity index is 0.000000668. The summed E-state index contributed by atoms with van der Waals surface area (Å²) >= 11 is 0.